The Morgan fingerprint density at radius 2 is 2.35 bits per heavy atom. The Morgan fingerprint density at radius 1 is 1.59 bits per heavy atom. The second-order valence-corrected chi connectivity index (χ2v) is 5.15. The van der Waals surface area contributed by atoms with Crippen molar-refractivity contribution in [2.75, 3.05) is 6.54 Å². The lowest BCUT2D eigenvalue weighted by Crippen LogP contribution is -2.38. The highest BCUT2D eigenvalue weighted by Crippen LogP contribution is 2.24. The number of hydrogen-bond donors (Lipinski definition) is 1. The Morgan fingerprint density at radius 3 is 3.00 bits per heavy atom. The van der Waals surface area contributed by atoms with Crippen molar-refractivity contribution in [2.45, 2.75) is 25.4 Å². The summed E-state index contributed by atoms with van der Waals surface area (Å²) in [7, 11) is 0. The van der Waals surface area contributed by atoms with E-state index in [0.29, 0.717) is 16.6 Å². The van der Waals surface area contributed by atoms with E-state index >= 15 is 0 Å². The van der Waals surface area contributed by atoms with Gasteiger partial charge in [-0.15, -0.1) is 0 Å². The van der Waals surface area contributed by atoms with E-state index in [2.05, 4.69) is 4.90 Å². The molecule has 0 saturated carbocycles. The first-order chi connectivity index (χ1) is 8.08. The van der Waals surface area contributed by atoms with Crippen LogP contribution in [0.1, 0.15) is 18.4 Å². The Balaban J connectivity index is 2.12. The number of likely N-dealkylation sites (tertiary alicyclic amines) is 1. The standard InChI is InChI=1S/C12H14ClFN2S/c13-10-6-9(14)4-3-8(10)7-16-5-1-2-11(16)12(15)17/h3-4,6,11H,1-2,5,7H2,(H2,15,17). The molecular weight excluding hydrogens is 259 g/mol. The Labute approximate surface area is 111 Å². The minimum Gasteiger partial charge on any atom is -0.392 e. The summed E-state index contributed by atoms with van der Waals surface area (Å²) in [4.78, 5) is 2.72. The van der Waals surface area contributed by atoms with Gasteiger partial charge in [-0.25, -0.2) is 4.39 Å². The molecule has 0 aliphatic carbocycles. The van der Waals surface area contributed by atoms with Gasteiger partial charge in [-0.3, -0.25) is 4.90 Å². The van der Waals surface area contributed by atoms with Crippen LogP contribution in [0.3, 0.4) is 0 Å². The number of thiocarbonyl (C=S) groups is 1. The summed E-state index contributed by atoms with van der Waals surface area (Å²) in [5.41, 5.74) is 6.61. The van der Waals surface area contributed by atoms with E-state index in [1.54, 1.807) is 6.07 Å². The molecule has 1 atom stereocenters. The van der Waals surface area contributed by atoms with E-state index in [0.717, 1.165) is 24.9 Å². The van der Waals surface area contributed by atoms with E-state index in [1.165, 1.54) is 12.1 Å². The molecule has 17 heavy (non-hydrogen) atoms. The van der Waals surface area contributed by atoms with Crippen molar-refractivity contribution >= 4 is 28.8 Å². The number of nitrogens with zero attached hydrogens (tertiary/aromatic N) is 1. The fourth-order valence-corrected chi connectivity index (χ4v) is 2.70. The van der Waals surface area contributed by atoms with E-state index in [4.69, 9.17) is 29.6 Å². The molecule has 1 heterocycles. The molecule has 1 aliphatic heterocycles. The second kappa shape index (κ2) is 5.29. The molecule has 1 aromatic carbocycles. The van der Waals surface area contributed by atoms with Gasteiger partial charge in [0.25, 0.3) is 0 Å². The van der Waals surface area contributed by atoms with Gasteiger partial charge in [-0.2, -0.15) is 0 Å². The molecule has 2 N–H and O–H groups in total. The molecule has 1 aliphatic rings. The molecule has 1 unspecified atom stereocenters. The van der Waals surface area contributed by atoms with Crippen molar-refractivity contribution in [3.63, 3.8) is 0 Å². The van der Waals surface area contributed by atoms with Gasteiger partial charge in [0.05, 0.1) is 11.0 Å². The molecule has 2 nitrogen and oxygen atoms in total. The first kappa shape index (κ1) is 12.7. The van der Waals surface area contributed by atoms with Gasteiger partial charge >= 0.3 is 0 Å². The second-order valence-electron chi connectivity index (χ2n) is 4.27. The van der Waals surface area contributed by atoms with Gasteiger partial charge in [0.15, 0.2) is 0 Å². The van der Waals surface area contributed by atoms with Crippen LogP contribution < -0.4 is 5.73 Å². The number of rotatable bonds is 3. The molecule has 0 bridgehead atoms. The van der Waals surface area contributed by atoms with Gasteiger partial charge in [0.1, 0.15) is 5.82 Å². The van der Waals surface area contributed by atoms with Crippen molar-refractivity contribution in [3.05, 3.63) is 34.6 Å². The summed E-state index contributed by atoms with van der Waals surface area (Å²) in [5.74, 6) is -0.314. The van der Waals surface area contributed by atoms with Crippen molar-refractivity contribution in [1.29, 1.82) is 0 Å². The van der Waals surface area contributed by atoms with Gasteiger partial charge in [-0.05, 0) is 37.1 Å². The third kappa shape index (κ3) is 2.94. The van der Waals surface area contributed by atoms with E-state index in [-0.39, 0.29) is 11.9 Å². The number of halogens is 2. The predicted octanol–water partition coefficient (Wildman–Crippen LogP) is 2.73. The van der Waals surface area contributed by atoms with Gasteiger partial charge in [-0.1, -0.05) is 29.9 Å². The maximum absolute atomic E-state index is 12.9. The first-order valence-corrected chi connectivity index (χ1v) is 6.34. The van der Waals surface area contributed by atoms with Crippen LogP contribution in [0.5, 0.6) is 0 Å². The summed E-state index contributed by atoms with van der Waals surface area (Å²) in [5, 5.41) is 0.457. The van der Waals surface area contributed by atoms with Crippen molar-refractivity contribution in [2.24, 2.45) is 5.73 Å². The fraction of sp³-hybridized carbons (Fsp3) is 0.417. The van der Waals surface area contributed by atoms with Crippen molar-refractivity contribution in [3.8, 4) is 0 Å². The highest BCUT2D eigenvalue weighted by Gasteiger charge is 2.26. The zero-order valence-corrected chi connectivity index (χ0v) is 10.9. The third-order valence-electron chi connectivity index (χ3n) is 3.08. The summed E-state index contributed by atoms with van der Waals surface area (Å²) in [6, 6.07) is 4.62. The number of hydrogen-bond acceptors (Lipinski definition) is 2. The van der Waals surface area contributed by atoms with Gasteiger partial charge in [0.2, 0.25) is 0 Å². The van der Waals surface area contributed by atoms with Crippen molar-refractivity contribution < 1.29 is 4.39 Å². The summed E-state index contributed by atoms with van der Waals surface area (Å²) < 4.78 is 12.9. The molecule has 92 valence electrons. The van der Waals surface area contributed by atoms with Crippen LogP contribution in [0.2, 0.25) is 5.02 Å². The summed E-state index contributed by atoms with van der Waals surface area (Å²) >= 11 is 11.0. The van der Waals surface area contributed by atoms with Crippen LogP contribution in [-0.2, 0) is 6.54 Å². The largest absolute Gasteiger partial charge is 0.392 e. The SMILES string of the molecule is NC(=S)C1CCCN1Cc1ccc(F)cc1Cl. The maximum Gasteiger partial charge on any atom is 0.124 e. The molecule has 1 aromatic rings. The van der Waals surface area contributed by atoms with Gasteiger partial charge in [0, 0.05) is 11.6 Å². The first-order valence-electron chi connectivity index (χ1n) is 5.55. The van der Waals surface area contributed by atoms with Crippen molar-refractivity contribution in [1.82, 2.24) is 4.90 Å². The quantitative estimate of drug-likeness (QED) is 0.858. The zero-order chi connectivity index (χ0) is 12.4. The summed E-state index contributed by atoms with van der Waals surface area (Å²) in [6.45, 7) is 1.62. The minimum absolute atomic E-state index is 0.145. The minimum atomic E-state index is -0.314. The molecule has 1 fully saturated rings. The van der Waals surface area contributed by atoms with Crippen LogP contribution in [0.4, 0.5) is 4.39 Å². The topological polar surface area (TPSA) is 29.3 Å². The normalized spacial score (nSPS) is 20.7. The van der Waals surface area contributed by atoms with Crippen LogP contribution in [0.15, 0.2) is 18.2 Å². The molecule has 0 amide bonds. The van der Waals surface area contributed by atoms with Crippen LogP contribution >= 0.6 is 23.8 Å². The Hall–Kier alpha value is -0.710. The molecule has 0 radical (unpaired) electrons. The lowest BCUT2D eigenvalue weighted by molar-refractivity contribution is 0.295. The highest BCUT2D eigenvalue weighted by molar-refractivity contribution is 7.80. The smallest absolute Gasteiger partial charge is 0.124 e. The molecular formula is C12H14ClFN2S. The predicted molar refractivity (Wildman–Crippen MR) is 71.6 cm³/mol. The van der Waals surface area contributed by atoms with Crippen LogP contribution in [0, 0.1) is 5.82 Å². The van der Waals surface area contributed by atoms with Crippen LogP contribution in [0.25, 0.3) is 0 Å². The molecule has 0 spiro atoms. The Bertz CT molecular complexity index is 439. The number of nitrogens with two attached hydrogens (primary N) is 1. The average molecular weight is 273 g/mol. The average Bonchev–Trinajstić information content (AvgIpc) is 2.70. The molecule has 1 saturated heterocycles. The number of benzene rings is 1. The maximum atomic E-state index is 12.9. The van der Waals surface area contributed by atoms with Crippen LogP contribution in [-0.4, -0.2) is 22.5 Å². The van der Waals surface area contributed by atoms with E-state index in [1.807, 2.05) is 0 Å². The summed E-state index contributed by atoms with van der Waals surface area (Å²) in [6.07, 6.45) is 2.08. The molecule has 0 aromatic heterocycles. The molecule has 2 rings (SSSR count). The van der Waals surface area contributed by atoms with E-state index < -0.39 is 0 Å². The highest BCUT2D eigenvalue weighted by atomic mass is 35.5. The lowest BCUT2D eigenvalue weighted by Gasteiger charge is -2.23. The van der Waals surface area contributed by atoms with E-state index in [9.17, 15) is 4.39 Å². The third-order valence-corrected chi connectivity index (χ3v) is 3.70. The monoisotopic (exact) mass is 272 g/mol. The lowest BCUT2D eigenvalue weighted by atomic mass is 10.2. The molecule has 5 heteroatoms. The fourth-order valence-electron chi connectivity index (χ4n) is 2.21. The van der Waals surface area contributed by atoms with Gasteiger partial charge < -0.3 is 5.73 Å². The zero-order valence-electron chi connectivity index (χ0n) is 9.33. The Kier molecular flexibility index (Phi) is 3.97.